The van der Waals surface area contributed by atoms with E-state index >= 15 is 0 Å². The van der Waals surface area contributed by atoms with Gasteiger partial charge in [0.1, 0.15) is 0 Å². The Morgan fingerprint density at radius 1 is 0.595 bits per heavy atom. The molecule has 4 nitrogen and oxygen atoms in total. The SMILES string of the molecule is CCCCCCCCCCCCCCCCCCC(=O)[O-].CCCc1cccc(C(=O)[O-])c1.[CH2]CCC.[CH2]CCC.[Sn+2]. The maximum absolute atomic E-state index is 10.4. The van der Waals surface area contributed by atoms with Crippen molar-refractivity contribution in [1.82, 2.24) is 0 Å². The number of hydrogen-bond acceptors (Lipinski definition) is 4. The average Bonchev–Trinajstić information content (AvgIpc) is 2.97. The van der Waals surface area contributed by atoms with E-state index in [1.807, 2.05) is 6.07 Å². The molecule has 0 fully saturated rings. The maximum atomic E-state index is 10.4. The molecule has 1 aromatic rings. The summed E-state index contributed by atoms with van der Waals surface area (Å²) in [4.78, 5) is 20.7. The fourth-order valence-corrected chi connectivity index (χ4v) is 3.96. The summed E-state index contributed by atoms with van der Waals surface area (Å²) in [5.41, 5.74) is 1.32. The number of rotatable bonds is 22. The topological polar surface area (TPSA) is 80.3 Å². The molecular formula is C37H66O4Sn. The first-order valence-electron chi connectivity index (χ1n) is 16.9. The fourth-order valence-electron chi connectivity index (χ4n) is 3.96. The van der Waals surface area contributed by atoms with Gasteiger partial charge in [-0.25, -0.2) is 0 Å². The van der Waals surface area contributed by atoms with Crippen molar-refractivity contribution >= 4 is 35.8 Å². The van der Waals surface area contributed by atoms with E-state index in [0.717, 1.165) is 44.1 Å². The molecule has 0 aliphatic rings. The third kappa shape index (κ3) is 43.4. The molecule has 0 saturated carbocycles. The van der Waals surface area contributed by atoms with Crippen LogP contribution in [0, 0.1) is 13.8 Å². The number of aliphatic carboxylic acids is 1. The summed E-state index contributed by atoms with van der Waals surface area (Å²) in [6.45, 7) is 15.8. The predicted molar refractivity (Wildman–Crippen MR) is 180 cm³/mol. The molecule has 0 bridgehead atoms. The molecule has 0 amide bonds. The molecule has 0 saturated heterocycles. The molecule has 0 aliphatic carbocycles. The van der Waals surface area contributed by atoms with Crippen molar-refractivity contribution in [2.45, 2.75) is 175 Å². The van der Waals surface area contributed by atoms with Crippen molar-refractivity contribution < 1.29 is 19.8 Å². The molecule has 0 unspecified atom stereocenters. The Labute approximate surface area is 279 Å². The monoisotopic (exact) mass is 694 g/mol. The van der Waals surface area contributed by atoms with Crippen LogP contribution in [-0.4, -0.2) is 35.8 Å². The molecule has 0 aromatic heterocycles. The predicted octanol–water partition coefficient (Wildman–Crippen LogP) is 9.25. The zero-order chi connectivity index (χ0) is 31.4. The van der Waals surface area contributed by atoms with Gasteiger partial charge < -0.3 is 19.8 Å². The van der Waals surface area contributed by atoms with E-state index in [-0.39, 0.29) is 35.9 Å². The van der Waals surface area contributed by atoms with Gasteiger partial charge >= 0.3 is 23.9 Å². The standard InChI is InChI=1S/C19H38O2.C10H12O2.2C4H9.Sn/c1-2-3-4-5-6-7-8-9-10-11-12-13-14-15-16-17-18-19(20)21;1-2-4-8-5-3-6-9(7-8)10(11)12;2*1-3-4-2;/h2-18H2,1H3,(H,20,21);3,5-7H,2,4H2,1H3,(H,11,12);2*1,3-4H2,2H3;/q;;;;+2/p-2. The van der Waals surface area contributed by atoms with Crippen molar-refractivity contribution in [1.29, 1.82) is 0 Å². The number of unbranched alkanes of at least 4 members (excludes halogenated alkanes) is 17. The first-order chi connectivity index (χ1) is 19.8. The maximum Gasteiger partial charge on any atom is 2.00 e. The van der Waals surface area contributed by atoms with E-state index in [1.54, 1.807) is 18.2 Å². The number of aryl methyl sites for hydroxylation is 1. The van der Waals surface area contributed by atoms with E-state index in [9.17, 15) is 19.8 Å². The molecule has 0 N–H and O–H groups in total. The number of carboxylic acid groups (broad SMARTS) is 2. The second-order valence-electron chi connectivity index (χ2n) is 10.9. The van der Waals surface area contributed by atoms with Gasteiger partial charge in [-0.15, -0.1) is 0 Å². The normalized spacial score (nSPS) is 9.67. The number of hydrogen-bond donors (Lipinski definition) is 0. The van der Waals surface area contributed by atoms with E-state index in [4.69, 9.17) is 0 Å². The van der Waals surface area contributed by atoms with Crippen LogP contribution >= 0.6 is 0 Å². The molecule has 1 rings (SSSR count). The molecule has 1 aromatic carbocycles. The summed E-state index contributed by atoms with van der Waals surface area (Å²) in [5, 5.41) is 20.7. The van der Waals surface area contributed by atoms with Crippen LogP contribution in [0.4, 0.5) is 0 Å². The van der Waals surface area contributed by atoms with Crippen molar-refractivity contribution in [3.8, 4) is 0 Å². The smallest absolute Gasteiger partial charge is 0.550 e. The van der Waals surface area contributed by atoms with Gasteiger partial charge in [-0.3, -0.25) is 0 Å². The first-order valence-corrected chi connectivity index (χ1v) is 16.9. The molecule has 42 heavy (non-hydrogen) atoms. The van der Waals surface area contributed by atoms with Crippen LogP contribution in [-0.2, 0) is 11.2 Å². The second kappa shape index (κ2) is 42.1. The van der Waals surface area contributed by atoms with Crippen LogP contribution in [0.5, 0.6) is 0 Å². The van der Waals surface area contributed by atoms with E-state index in [1.165, 1.54) is 103 Å². The Morgan fingerprint density at radius 2 is 0.976 bits per heavy atom. The Morgan fingerprint density at radius 3 is 1.29 bits per heavy atom. The van der Waals surface area contributed by atoms with Crippen LogP contribution in [0.2, 0.25) is 0 Å². The summed E-state index contributed by atoms with van der Waals surface area (Å²) in [5.74, 6) is -2.01. The molecule has 0 heterocycles. The van der Waals surface area contributed by atoms with Crippen LogP contribution in [0.25, 0.3) is 0 Å². The van der Waals surface area contributed by atoms with Gasteiger partial charge in [-0.05, 0) is 36.5 Å². The van der Waals surface area contributed by atoms with E-state index < -0.39 is 11.9 Å². The number of benzene rings is 1. The number of carbonyl (C=O) groups is 2. The minimum absolute atomic E-state index is 0. The summed E-state index contributed by atoms with van der Waals surface area (Å²) in [6.07, 6.45) is 27.8. The van der Waals surface area contributed by atoms with Gasteiger partial charge in [0, 0.05) is 5.97 Å². The van der Waals surface area contributed by atoms with Crippen LogP contribution < -0.4 is 10.2 Å². The Balaban J connectivity index is -0.000000287. The molecule has 0 atom stereocenters. The summed E-state index contributed by atoms with van der Waals surface area (Å²) in [7, 11) is 0. The van der Waals surface area contributed by atoms with Gasteiger partial charge in [-0.2, -0.15) is 0 Å². The van der Waals surface area contributed by atoms with Crippen LogP contribution in [0.3, 0.4) is 0 Å². The molecule has 242 valence electrons. The molecule has 0 aliphatic heterocycles. The van der Waals surface area contributed by atoms with Gasteiger partial charge in [-0.1, -0.05) is 188 Å². The first kappa shape index (κ1) is 47.9. The average molecular weight is 694 g/mol. The van der Waals surface area contributed by atoms with E-state index in [2.05, 4.69) is 41.5 Å². The minimum atomic E-state index is -1.10. The Hall–Kier alpha value is -1.04. The fraction of sp³-hybridized carbons (Fsp3) is 0.730. The van der Waals surface area contributed by atoms with Crippen LogP contribution in [0.15, 0.2) is 24.3 Å². The second-order valence-corrected chi connectivity index (χ2v) is 10.9. The summed E-state index contributed by atoms with van der Waals surface area (Å²) >= 11 is 0. The van der Waals surface area contributed by atoms with Crippen molar-refractivity contribution in [3.63, 3.8) is 0 Å². The van der Waals surface area contributed by atoms with E-state index in [0.29, 0.717) is 0 Å². The Kier molecular flexibility index (Phi) is 48.0. The zero-order valence-electron chi connectivity index (χ0n) is 28.1. The van der Waals surface area contributed by atoms with Gasteiger partial charge in [0.05, 0.1) is 5.97 Å². The van der Waals surface area contributed by atoms with Gasteiger partial charge in [0.2, 0.25) is 0 Å². The number of carbonyl (C=O) groups excluding carboxylic acids is 2. The third-order valence-corrected chi connectivity index (χ3v) is 6.64. The molecular weight excluding hydrogens is 627 g/mol. The van der Waals surface area contributed by atoms with Crippen molar-refractivity contribution in [3.05, 3.63) is 49.2 Å². The molecule has 5 heteroatoms. The zero-order valence-corrected chi connectivity index (χ0v) is 31.0. The summed E-state index contributed by atoms with van der Waals surface area (Å²) < 4.78 is 0. The molecule has 0 spiro atoms. The molecule has 4 radical (unpaired) electrons. The van der Waals surface area contributed by atoms with Crippen molar-refractivity contribution in [2.24, 2.45) is 0 Å². The third-order valence-electron chi connectivity index (χ3n) is 6.64. The largest absolute Gasteiger partial charge is 2.00 e. The number of aromatic carboxylic acids is 1. The number of carboxylic acids is 2. The minimum Gasteiger partial charge on any atom is -0.550 e. The van der Waals surface area contributed by atoms with Gasteiger partial charge in [0.15, 0.2) is 0 Å². The van der Waals surface area contributed by atoms with Crippen molar-refractivity contribution in [2.75, 3.05) is 0 Å². The van der Waals surface area contributed by atoms with Crippen LogP contribution in [0.1, 0.15) is 185 Å². The Bertz CT molecular complexity index is 655. The quantitative estimate of drug-likeness (QED) is 0.0896. The summed E-state index contributed by atoms with van der Waals surface area (Å²) in [6, 6.07) is 6.89. The van der Waals surface area contributed by atoms with Gasteiger partial charge in [0.25, 0.3) is 0 Å².